The van der Waals surface area contributed by atoms with Gasteiger partial charge in [0, 0.05) is 11.6 Å². The van der Waals surface area contributed by atoms with Crippen LogP contribution >= 0.6 is 11.6 Å². The molecule has 0 aliphatic carbocycles. The molecule has 1 heterocycles. The van der Waals surface area contributed by atoms with E-state index in [1.807, 2.05) is 31.2 Å². The van der Waals surface area contributed by atoms with Crippen LogP contribution in [0.5, 0.6) is 17.2 Å². The van der Waals surface area contributed by atoms with Gasteiger partial charge < -0.3 is 14.6 Å². The summed E-state index contributed by atoms with van der Waals surface area (Å²) in [4.78, 5) is 11.0. The van der Waals surface area contributed by atoms with E-state index in [2.05, 4.69) is 0 Å². The Hall–Kier alpha value is -2.46. The topological polar surface area (TPSA) is 55.8 Å². The largest absolute Gasteiger partial charge is 0.488 e. The van der Waals surface area contributed by atoms with Crippen LogP contribution < -0.4 is 9.47 Å². The summed E-state index contributed by atoms with van der Waals surface area (Å²) in [6.45, 7) is 1.97. The van der Waals surface area contributed by atoms with Crippen molar-refractivity contribution in [3.63, 3.8) is 0 Å². The molecule has 0 amide bonds. The first-order chi connectivity index (χ1) is 10.5. The van der Waals surface area contributed by atoms with Gasteiger partial charge in [-0.2, -0.15) is 0 Å². The Bertz CT molecular complexity index is 780. The Balaban J connectivity index is 1.96. The first-order valence-corrected chi connectivity index (χ1v) is 7.06. The fourth-order valence-corrected chi connectivity index (χ4v) is 2.37. The molecule has 4 nitrogen and oxygen atoms in total. The molecule has 1 N–H and O–H groups in total. The molecule has 0 saturated carbocycles. The molecule has 1 aliphatic rings. The Morgan fingerprint density at radius 3 is 2.77 bits per heavy atom. The number of hydrogen-bond donors (Lipinski definition) is 1. The molecule has 0 aromatic heterocycles. The zero-order valence-corrected chi connectivity index (χ0v) is 12.6. The highest BCUT2D eigenvalue weighted by atomic mass is 35.5. The Morgan fingerprint density at radius 2 is 2.05 bits per heavy atom. The molecule has 0 spiro atoms. The number of aryl methyl sites for hydroxylation is 1. The second-order valence-electron chi connectivity index (χ2n) is 4.95. The summed E-state index contributed by atoms with van der Waals surface area (Å²) in [5.41, 5.74) is 1.81. The second kappa shape index (κ2) is 5.73. The average Bonchev–Trinajstić information content (AvgIpc) is 2.49. The molecule has 0 radical (unpaired) electrons. The third kappa shape index (κ3) is 2.78. The first-order valence-electron chi connectivity index (χ1n) is 6.68. The summed E-state index contributed by atoms with van der Waals surface area (Å²) in [6.07, 6.45) is 1.56. The summed E-state index contributed by atoms with van der Waals surface area (Å²) < 4.78 is 11.3. The number of hydrogen-bond acceptors (Lipinski definition) is 3. The van der Waals surface area contributed by atoms with Gasteiger partial charge in [-0.15, -0.1) is 0 Å². The van der Waals surface area contributed by atoms with E-state index in [4.69, 9.17) is 26.2 Å². The summed E-state index contributed by atoms with van der Waals surface area (Å²) >= 11 is 6.23. The van der Waals surface area contributed by atoms with Gasteiger partial charge in [0.25, 0.3) is 0 Å². The lowest BCUT2D eigenvalue weighted by Crippen LogP contribution is -2.14. The number of carboxylic acids is 1. The van der Waals surface area contributed by atoms with E-state index in [9.17, 15) is 4.79 Å². The number of benzene rings is 2. The smallest absolute Gasteiger partial charge is 0.335 e. The lowest BCUT2D eigenvalue weighted by molar-refractivity contribution is -0.132. The van der Waals surface area contributed by atoms with Gasteiger partial charge in [-0.05, 0) is 30.7 Å². The second-order valence-corrected chi connectivity index (χ2v) is 5.36. The minimum Gasteiger partial charge on any atom is -0.488 e. The van der Waals surface area contributed by atoms with Crippen molar-refractivity contribution in [3.8, 4) is 17.2 Å². The van der Waals surface area contributed by atoms with E-state index in [1.165, 1.54) is 0 Å². The molecule has 2 aromatic rings. The fourth-order valence-electron chi connectivity index (χ4n) is 2.16. The monoisotopic (exact) mass is 316 g/mol. The highest BCUT2D eigenvalue weighted by Crippen LogP contribution is 2.38. The lowest BCUT2D eigenvalue weighted by atomic mass is 10.1. The first kappa shape index (κ1) is 14.5. The van der Waals surface area contributed by atoms with Gasteiger partial charge in [0.1, 0.15) is 23.9 Å². The summed E-state index contributed by atoms with van der Waals surface area (Å²) in [5, 5.41) is 9.40. The molecule has 0 fully saturated rings. The summed E-state index contributed by atoms with van der Waals surface area (Å²) in [7, 11) is 0. The summed E-state index contributed by atoms with van der Waals surface area (Å²) in [6, 6.07) is 10.9. The minimum absolute atomic E-state index is 0.0216. The maximum absolute atomic E-state index is 11.0. The number of rotatable bonds is 3. The number of ether oxygens (including phenoxy) is 2. The maximum atomic E-state index is 11.0. The third-order valence-electron chi connectivity index (χ3n) is 3.37. The van der Waals surface area contributed by atoms with Crippen molar-refractivity contribution in [1.29, 1.82) is 0 Å². The van der Waals surface area contributed by atoms with Gasteiger partial charge in [-0.25, -0.2) is 4.79 Å². The zero-order valence-electron chi connectivity index (χ0n) is 11.8. The molecule has 0 saturated heterocycles. The predicted molar refractivity (Wildman–Crippen MR) is 83.8 cm³/mol. The van der Waals surface area contributed by atoms with Crippen molar-refractivity contribution in [2.75, 3.05) is 6.61 Å². The van der Waals surface area contributed by atoms with Crippen LogP contribution in [0.25, 0.3) is 6.08 Å². The number of fused-ring (bicyclic) bond motifs is 1. The van der Waals surface area contributed by atoms with Gasteiger partial charge in [0.15, 0.2) is 0 Å². The number of carbonyl (C=O) groups is 1. The molecule has 0 unspecified atom stereocenters. The normalized spacial score (nSPS) is 12.9. The van der Waals surface area contributed by atoms with E-state index in [-0.39, 0.29) is 12.2 Å². The number of para-hydroxylation sites is 1. The standard InChI is InChI=1S/C17H13ClO4/c1-10-4-2-3-5-14(10)22-16-8-15-11(7-13(16)18)6-12(9-21-15)17(19)20/h2-8H,9H2,1H3,(H,19,20). The van der Waals surface area contributed by atoms with Crippen LogP contribution in [-0.4, -0.2) is 17.7 Å². The quantitative estimate of drug-likeness (QED) is 0.917. The molecule has 3 rings (SSSR count). The van der Waals surface area contributed by atoms with Crippen LogP contribution in [0, 0.1) is 6.92 Å². The Morgan fingerprint density at radius 1 is 1.27 bits per heavy atom. The van der Waals surface area contributed by atoms with E-state index >= 15 is 0 Å². The van der Waals surface area contributed by atoms with Gasteiger partial charge in [-0.1, -0.05) is 29.8 Å². The molecule has 1 aliphatic heterocycles. The molecular formula is C17H13ClO4. The molecule has 0 bridgehead atoms. The maximum Gasteiger partial charge on any atom is 0.335 e. The van der Waals surface area contributed by atoms with E-state index in [0.717, 1.165) is 5.56 Å². The van der Waals surface area contributed by atoms with Gasteiger partial charge >= 0.3 is 5.97 Å². The highest BCUT2D eigenvalue weighted by molar-refractivity contribution is 6.32. The molecule has 0 atom stereocenters. The van der Waals surface area contributed by atoms with Crippen molar-refractivity contribution in [2.24, 2.45) is 0 Å². The fraction of sp³-hybridized carbons (Fsp3) is 0.118. The van der Waals surface area contributed by atoms with E-state index < -0.39 is 5.97 Å². The van der Waals surface area contributed by atoms with Crippen LogP contribution in [0.1, 0.15) is 11.1 Å². The van der Waals surface area contributed by atoms with Crippen molar-refractivity contribution in [3.05, 3.63) is 58.1 Å². The number of carboxylic acid groups (broad SMARTS) is 1. The zero-order chi connectivity index (χ0) is 15.7. The van der Waals surface area contributed by atoms with Crippen LogP contribution in [0.4, 0.5) is 0 Å². The van der Waals surface area contributed by atoms with Crippen LogP contribution in [-0.2, 0) is 4.79 Å². The van der Waals surface area contributed by atoms with E-state index in [0.29, 0.717) is 27.8 Å². The minimum atomic E-state index is -0.998. The summed E-state index contributed by atoms with van der Waals surface area (Å²) in [5.74, 6) is 0.740. The van der Waals surface area contributed by atoms with Crippen molar-refractivity contribution >= 4 is 23.6 Å². The average molecular weight is 317 g/mol. The van der Waals surface area contributed by atoms with Crippen LogP contribution in [0.2, 0.25) is 5.02 Å². The molecule has 22 heavy (non-hydrogen) atoms. The highest BCUT2D eigenvalue weighted by Gasteiger charge is 2.19. The van der Waals surface area contributed by atoms with Gasteiger partial charge in [0.05, 0.1) is 10.6 Å². The molecular weight excluding hydrogens is 304 g/mol. The lowest BCUT2D eigenvalue weighted by Gasteiger charge is -2.18. The van der Waals surface area contributed by atoms with E-state index in [1.54, 1.807) is 18.2 Å². The molecule has 112 valence electrons. The third-order valence-corrected chi connectivity index (χ3v) is 3.66. The Labute approximate surface area is 132 Å². The van der Waals surface area contributed by atoms with Crippen molar-refractivity contribution < 1.29 is 19.4 Å². The number of aliphatic carboxylic acids is 1. The molecule has 5 heteroatoms. The van der Waals surface area contributed by atoms with Crippen LogP contribution in [0.3, 0.4) is 0 Å². The Kier molecular flexibility index (Phi) is 3.77. The molecule has 2 aromatic carbocycles. The van der Waals surface area contributed by atoms with Gasteiger partial charge in [-0.3, -0.25) is 0 Å². The van der Waals surface area contributed by atoms with Crippen LogP contribution in [0.15, 0.2) is 42.0 Å². The van der Waals surface area contributed by atoms with Crippen molar-refractivity contribution in [2.45, 2.75) is 6.92 Å². The van der Waals surface area contributed by atoms with Crippen molar-refractivity contribution in [1.82, 2.24) is 0 Å². The number of halogens is 1. The predicted octanol–water partition coefficient (Wildman–Crippen LogP) is 4.30. The SMILES string of the molecule is Cc1ccccc1Oc1cc2c(cc1Cl)C=C(C(=O)O)CO2. The van der Waals surface area contributed by atoms with Gasteiger partial charge in [0.2, 0.25) is 0 Å².